The van der Waals surface area contributed by atoms with E-state index in [0.717, 1.165) is 19.3 Å². The smallest absolute Gasteiger partial charge is 0.315 e. The third-order valence-electron chi connectivity index (χ3n) is 3.32. The lowest BCUT2D eigenvalue weighted by molar-refractivity contribution is -0.146. The number of carboxylic acids is 1. The predicted octanol–water partition coefficient (Wildman–Crippen LogP) is 1.68. The molecule has 1 rings (SSSR count). The van der Waals surface area contributed by atoms with E-state index in [1.54, 1.807) is 13.8 Å². The lowest BCUT2D eigenvalue weighted by Crippen LogP contribution is -2.46. The Morgan fingerprint density at radius 1 is 1.39 bits per heavy atom. The molecule has 0 saturated heterocycles. The van der Waals surface area contributed by atoms with E-state index in [9.17, 15) is 9.59 Å². The largest absolute Gasteiger partial charge is 0.481 e. The van der Waals surface area contributed by atoms with E-state index < -0.39 is 11.4 Å². The van der Waals surface area contributed by atoms with E-state index in [-0.39, 0.29) is 18.6 Å². The van der Waals surface area contributed by atoms with Gasteiger partial charge in [-0.3, -0.25) is 4.79 Å². The molecule has 1 fully saturated rings. The van der Waals surface area contributed by atoms with Crippen molar-refractivity contribution in [3.8, 4) is 0 Å². The minimum atomic E-state index is -0.936. The lowest BCUT2D eigenvalue weighted by Gasteiger charge is -2.21. The maximum absolute atomic E-state index is 11.6. The van der Waals surface area contributed by atoms with Gasteiger partial charge < -0.3 is 15.7 Å². The lowest BCUT2D eigenvalue weighted by atomic mass is 9.94. The van der Waals surface area contributed by atoms with Crippen LogP contribution in [0.15, 0.2) is 0 Å². The monoisotopic (exact) mass is 274 g/mol. The Hall–Kier alpha value is -0.910. The Kier molecular flexibility index (Phi) is 5.31. The molecular formula is C12H22N2O3S. The zero-order valence-electron chi connectivity index (χ0n) is 11.2. The van der Waals surface area contributed by atoms with Crippen molar-refractivity contribution in [3.63, 3.8) is 0 Å². The Morgan fingerprint density at radius 2 is 2.06 bits per heavy atom. The van der Waals surface area contributed by atoms with Crippen LogP contribution >= 0.6 is 11.8 Å². The number of rotatable bonds is 5. The summed E-state index contributed by atoms with van der Waals surface area (Å²) in [5.41, 5.74) is -0.936. The zero-order valence-corrected chi connectivity index (χ0v) is 12.0. The second-order valence-corrected chi connectivity index (χ2v) is 6.52. The highest BCUT2D eigenvalue weighted by Crippen LogP contribution is 2.28. The summed E-state index contributed by atoms with van der Waals surface area (Å²) >= 11 is 1.84. The summed E-state index contributed by atoms with van der Waals surface area (Å²) < 4.78 is 0. The molecule has 1 aliphatic rings. The molecule has 2 unspecified atom stereocenters. The van der Waals surface area contributed by atoms with Crippen LogP contribution in [0.25, 0.3) is 0 Å². The SMILES string of the molecule is CSC1CCC(NC(=O)NCC(C)(C)C(=O)O)C1. The van der Waals surface area contributed by atoms with Gasteiger partial charge in [-0.15, -0.1) is 0 Å². The molecule has 104 valence electrons. The molecule has 0 aliphatic heterocycles. The third kappa shape index (κ3) is 4.40. The average molecular weight is 274 g/mol. The Balaban J connectivity index is 2.28. The van der Waals surface area contributed by atoms with Crippen molar-refractivity contribution < 1.29 is 14.7 Å². The standard InChI is InChI=1S/C12H22N2O3S/c1-12(2,10(15)16)7-13-11(17)14-8-4-5-9(6-8)18-3/h8-9H,4-7H2,1-3H3,(H,15,16)(H2,13,14,17). The Labute approximate surface area is 112 Å². The average Bonchev–Trinajstić information content (AvgIpc) is 2.74. The van der Waals surface area contributed by atoms with Crippen LogP contribution in [0.5, 0.6) is 0 Å². The van der Waals surface area contributed by atoms with Gasteiger partial charge in [-0.1, -0.05) is 0 Å². The molecule has 2 amide bonds. The van der Waals surface area contributed by atoms with Crippen LogP contribution in [0.4, 0.5) is 4.79 Å². The Bertz CT molecular complexity index is 320. The van der Waals surface area contributed by atoms with E-state index in [0.29, 0.717) is 5.25 Å². The first kappa shape index (κ1) is 15.1. The van der Waals surface area contributed by atoms with Crippen molar-refractivity contribution in [3.05, 3.63) is 0 Å². The minimum Gasteiger partial charge on any atom is -0.481 e. The quantitative estimate of drug-likeness (QED) is 0.713. The Morgan fingerprint density at radius 3 is 2.56 bits per heavy atom. The fourth-order valence-electron chi connectivity index (χ4n) is 1.90. The van der Waals surface area contributed by atoms with Gasteiger partial charge in [0.2, 0.25) is 0 Å². The van der Waals surface area contributed by atoms with Crippen LogP contribution in [0.1, 0.15) is 33.1 Å². The molecule has 1 saturated carbocycles. The first-order valence-corrected chi connectivity index (χ1v) is 7.44. The highest BCUT2D eigenvalue weighted by Gasteiger charge is 2.29. The molecule has 0 spiro atoms. The van der Waals surface area contributed by atoms with E-state index >= 15 is 0 Å². The normalized spacial score (nSPS) is 23.7. The van der Waals surface area contributed by atoms with Gasteiger partial charge in [-0.05, 0) is 39.4 Å². The molecule has 6 heteroatoms. The number of thioether (sulfide) groups is 1. The molecule has 0 radical (unpaired) electrons. The predicted molar refractivity (Wildman–Crippen MR) is 72.9 cm³/mol. The second kappa shape index (κ2) is 6.31. The van der Waals surface area contributed by atoms with E-state index in [1.807, 2.05) is 11.8 Å². The molecule has 5 nitrogen and oxygen atoms in total. The number of nitrogens with one attached hydrogen (secondary N) is 2. The highest BCUT2D eigenvalue weighted by molar-refractivity contribution is 7.99. The van der Waals surface area contributed by atoms with E-state index in [2.05, 4.69) is 16.9 Å². The van der Waals surface area contributed by atoms with Gasteiger partial charge in [0.05, 0.1) is 5.41 Å². The maximum atomic E-state index is 11.6. The first-order valence-electron chi connectivity index (χ1n) is 6.15. The molecule has 1 aliphatic carbocycles. The highest BCUT2D eigenvalue weighted by atomic mass is 32.2. The molecule has 0 aromatic rings. The second-order valence-electron chi connectivity index (χ2n) is 5.38. The number of hydrogen-bond acceptors (Lipinski definition) is 3. The van der Waals surface area contributed by atoms with Crippen molar-refractivity contribution in [1.29, 1.82) is 0 Å². The summed E-state index contributed by atoms with van der Waals surface area (Å²) in [5.74, 6) is -0.911. The summed E-state index contributed by atoms with van der Waals surface area (Å²) in [5, 5.41) is 15.1. The molecule has 2 atom stereocenters. The number of urea groups is 1. The van der Waals surface area contributed by atoms with Crippen molar-refractivity contribution in [1.82, 2.24) is 10.6 Å². The van der Waals surface area contributed by atoms with Crippen LogP contribution in [0, 0.1) is 5.41 Å². The molecule has 0 aromatic carbocycles. The van der Waals surface area contributed by atoms with Crippen LogP contribution in [0.3, 0.4) is 0 Å². The van der Waals surface area contributed by atoms with Crippen molar-refractivity contribution in [2.75, 3.05) is 12.8 Å². The first-order chi connectivity index (χ1) is 8.35. The van der Waals surface area contributed by atoms with Gasteiger partial charge in [-0.2, -0.15) is 11.8 Å². The number of carboxylic acid groups (broad SMARTS) is 1. The zero-order chi connectivity index (χ0) is 13.8. The van der Waals surface area contributed by atoms with Gasteiger partial charge >= 0.3 is 12.0 Å². The van der Waals surface area contributed by atoms with Crippen LogP contribution in [0.2, 0.25) is 0 Å². The molecular weight excluding hydrogens is 252 g/mol. The van der Waals surface area contributed by atoms with Gasteiger partial charge in [0.1, 0.15) is 0 Å². The number of amides is 2. The van der Waals surface area contributed by atoms with Gasteiger partial charge in [0.25, 0.3) is 0 Å². The maximum Gasteiger partial charge on any atom is 0.315 e. The summed E-state index contributed by atoms with van der Waals surface area (Å²) in [6, 6.07) is -0.0496. The summed E-state index contributed by atoms with van der Waals surface area (Å²) in [4.78, 5) is 22.5. The van der Waals surface area contributed by atoms with Crippen LogP contribution in [-0.2, 0) is 4.79 Å². The summed E-state index contributed by atoms with van der Waals surface area (Å²) in [6.45, 7) is 3.32. The van der Waals surface area contributed by atoms with Crippen LogP contribution < -0.4 is 10.6 Å². The van der Waals surface area contributed by atoms with Gasteiger partial charge in [0.15, 0.2) is 0 Å². The van der Waals surface area contributed by atoms with Crippen molar-refractivity contribution >= 4 is 23.8 Å². The van der Waals surface area contributed by atoms with Crippen LogP contribution in [-0.4, -0.2) is 41.2 Å². The van der Waals surface area contributed by atoms with E-state index in [4.69, 9.17) is 5.11 Å². The molecule has 0 aromatic heterocycles. The van der Waals surface area contributed by atoms with Crippen molar-refractivity contribution in [2.24, 2.45) is 5.41 Å². The fraction of sp³-hybridized carbons (Fsp3) is 0.833. The summed E-state index contributed by atoms with van der Waals surface area (Å²) in [7, 11) is 0. The fourth-order valence-corrected chi connectivity index (χ4v) is 2.70. The van der Waals surface area contributed by atoms with Crippen molar-refractivity contribution in [2.45, 2.75) is 44.4 Å². The topological polar surface area (TPSA) is 78.4 Å². The molecule has 3 N–H and O–H groups in total. The summed E-state index contributed by atoms with van der Waals surface area (Å²) in [6.07, 6.45) is 5.22. The van der Waals surface area contributed by atoms with Gasteiger partial charge in [-0.25, -0.2) is 4.79 Å². The minimum absolute atomic E-state index is 0.132. The van der Waals surface area contributed by atoms with Gasteiger partial charge in [0, 0.05) is 17.8 Å². The number of carbonyl (C=O) groups is 2. The molecule has 18 heavy (non-hydrogen) atoms. The number of hydrogen-bond donors (Lipinski definition) is 3. The number of aliphatic carboxylic acids is 1. The number of carbonyl (C=O) groups excluding carboxylic acids is 1. The van der Waals surface area contributed by atoms with E-state index in [1.165, 1.54) is 0 Å². The third-order valence-corrected chi connectivity index (χ3v) is 4.42. The molecule has 0 heterocycles. The molecule has 0 bridgehead atoms.